The first-order valence-electron chi connectivity index (χ1n) is 7.76. The Labute approximate surface area is 154 Å². The Morgan fingerprint density at radius 2 is 1.85 bits per heavy atom. The van der Waals surface area contributed by atoms with Gasteiger partial charge in [-0.05, 0) is 26.0 Å². The van der Waals surface area contributed by atoms with Gasteiger partial charge in [-0.3, -0.25) is 20.3 Å². The molecule has 0 aliphatic heterocycles. The lowest BCUT2D eigenvalue weighted by Crippen LogP contribution is -2.41. The van der Waals surface area contributed by atoms with Crippen LogP contribution in [-0.2, 0) is 10.0 Å². The monoisotopic (exact) mass is 389 g/mol. The first-order valence-corrected chi connectivity index (χ1v) is 9.24. The van der Waals surface area contributed by atoms with E-state index in [0.717, 1.165) is 11.5 Å². The quantitative estimate of drug-likeness (QED) is 0.509. The first-order chi connectivity index (χ1) is 12.7. The predicted octanol–water partition coefficient (Wildman–Crippen LogP) is 2.58. The van der Waals surface area contributed by atoms with E-state index in [-0.39, 0.29) is 16.3 Å². The molecular weight excluding hydrogens is 374 g/mol. The van der Waals surface area contributed by atoms with Crippen molar-refractivity contribution in [1.82, 2.24) is 10.3 Å². The van der Waals surface area contributed by atoms with Crippen molar-refractivity contribution in [3.05, 3.63) is 69.5 Å². The predicted molar refractivity (Wildman–Crippen MR) is 96.6 cm³/mol. The topological polar surface area (TPSA) is 132 Å². The number of nitrogens with one attached hydrogen (secondary N) is 2. The summed E-state index contributed by atoms with van der Waals surface area (Å²) < 4.78 is 30.1. The number of para-hydroxylation sites is 1. The number of hydrazine groups is 1. The van der Waals surface area contributed by atoms with E-state index in [9.17, 15) is 23.3 Å². The third kappa shape index (κ3) is 3.52. The van der Waals surface area contributed by atoms with Gasteiger partial charge in [0.25, 0.3) is 15.7 Å². The molecule has 1 aromatic heterocycles. The van der Waals surface area contributed by atoms with Crippen LogP contribution >= 0.6 is 0 Å². The molecule has 0 unspecified atom stereocenters. The highest BCUT2D eigenvalue weighted by atomic mass is 32.2. The number of fused-ring (bicyclic) bond motifs is 1. The van der Waals surface area contributed by atoms with E-state index in [4.69, 9.17) is 4.42 Å². The van der Waals surface area contributed by atoms with Gasteiger partial charge in [0, 0.05) is 22.6 Å². The van der Waals surface area contributed by atoms with Crippen LogP contribution in [-0.4, -0.2) is 19.2 Å². The molecule has 0 radical (unpaired) electrons. The Morgan fingerprint density at radius 1 is 1.15 bits per heavy atom. The van der Waals surface area contributed by atoms with Crippen LogP contribution in [0.2, 0.25) is 0 Å². The van der Waals surface area contributed by atoms with Gasteiger partial charge in [0.05, 0.1) is 9.82 Å². The summed E-state index contributed by atoms with van der Waals surface area (Å²) >= 11 is 0. The van der Waals surface area contributed by atoms with E-state index in [2.05, 4.69) is 5.43 Å². The number of furan rings is 1. The maximum atomic E-state index is 12.3. The third-order valence-corrected chi connectivity index (χ3v) is 5.28. The van der Waals surface area contributed by atoms with Crippen molar-refractivity contribution in [2.24, 2.45) is 0 Å². The van der Waals surface area contributed by atoms with Crippen LogP contribution < -0.4 is 10.3 Å². The molecule has 10 heteroatoms. The molecule has 0 saturated carbocycles. The minimum Gasteiger partial charge on any atom is -0.451 e. The number of aryl methyl sites for hydroxylation is 2. The number of carbonyl (C=O) groups excluding carboxylic acids is 1. The molecule has 0 fully saturated rings. The van der Waals surface area contributed by atoms with E-state index in [1.54, 1.807) is 31.2 Å². The van der Waals surface area contributed by atoms with Gasteiger partial charge in [0.2, 0.25) is 0 Å². The maximum absolute atomic E-state index is 12.3. The lowest BCUT2D eigenvalue weighted by molar-refractivity contribution is -0.385. The van der Waals surface area contributed by atoms with Crippen LogP contribution in [0.3, 0.4) is 0 Å². The molecule has 140 valence electrons. The molecule has 2 aromatic carbocycles. The Hall–Kier alpha value is -3.24. The minimum atomic E-state index is -4.21. The maximum Gasteiger partial charge on any atom is 0.302 e. The van der Waals surface area contributed by atoms with Gasteiger partial charge >= 0.3 is 5.91 Å². The zero-order valence-electron chi connectivity index (χ0n) is 14.3. The van der Waals surface area contributed by atoms with Gasteiger partial charge < -0.3 is 4.42 Å². The number of nitro benzene ring substituents is 1. The molecule has 0 bridgehead atoms. The number of hydrogen-bond acceptors (Lipinski definition) is 6. The number of nitrogens with zero attached hydrogens (tertiary/aromatic N) is 1. The Morgan fingerprint density at radius 3 is 2.52 bits per heavy atom. The highest BCUT2D eigenvalue weighted by molar-refractivity contribution is 7.89. The van der Waals surface area contributed by atoms with Gasteiger partial charge in [-0.25, -0.2) is 8.42 Å². The van der Waals surface area contributed by atoms with Gasteiger partial charge in [0.15, 0.2) is 5.76 Å². The zero-order valence-corrected chi connectivity index (χ0v) is 15.2. The van der Waals surface area contributed by atoms with E-state index >= 15 is 0 Å². The van der Waals surface area contributed by atoms with Crippen molar-refractivity contribution in [3.63, 3.8) is 0 Å². The van der Waals surface area contributed by atoms with E-state index in [0.29, 0.717) is 16.7 Å². The molecule has 0 aliphatic rings. The van der Waals surface area contributed by atoms with Crippen LogP contribution in [0.15, 0.2) is 51.8 Å². The summed E-state index contributed by atoms with van der Waals surface area (Å²) in [6.07, 6.45) is 0. The molecule has 0 atom stereocenters. The molecule has 1 heterocycles. The van der Waals surface area contributed by atoms with Crippen LogP contribution in [0.1, 0.15) is 21.7 Å². The van der Waals surface area contributed by atoms with E-state index in [1.165, 1.54) is 19.1 Å². The molecule has 3 rings (SSSR count). The summed E-state index contributed by atoms with van der Waals surface area (Å²) in [6.45, 7) is 3.17. The molecule has 3 aromatic rings. The van der Waals surface area contributed by atoms with Gasteiger partial charge in [-0.1, -0.05) is 24.3 Å². The second-order valence-corrected chi connectivity index (χ2v) is 7.50. The number of nitro groups is 1. The number of rotatable bonds is 5. The van der Waals surface area contributed by atoms with Gasteiger partial charge in [-0.15, -0.1) is 4.83 Å². The average Bonchev–Trinajstić information content (AvgIpc) is 2.97. The molecule has 1 amide bonds. The molecule has 0 aliphatic carbocycles. The molecule has 0 spiro atoms. The summed E-state index contributed by atoms with van der Waals surface area (Å²) in [5, 5.41) is 11.7. The number of benzene rings is 2. The number of carbonyl (C=O) groups is 1. The Balaban J connectivity index is 1.82. The first kappa shape index (κ1) is 18.5. The summed E-state index contributed by atoms with van der Waals surface area (Å²) in [5.41, 5.74) is 3.11. The number of sulfonamides is 1. The lowest BCUT2D eigenvalue weighted by atomic mass is 10.1. The van der Waals surface area contributed by atoms with Crippen LogP contribution in [0.4, 0.5) is 5.69 Å². The zero-order chi connectivity index (χ0) is 19.8. The lowest BCUT2D eigenvalue weighted by Gasteiger charge is -2.08. The van der Waals surface area contributed by atoms with E-state index in [1.807, 2.05) is 4.83 Å². The van der Waals surface area contributed by atoms with Crippen LogP contribution in [0.5, 0.6) is 0 Å². The van der Waals surface area contributed by atoms with Crippen molar-refractivity contribution in [2.45, 2.75) is 18.7 Å². The van der Waals surface area contributed by atoms with Crippen LogP contribution in [0, 0.1) is 24.0 Å². The van der Waals surface area contributed by atoms with Gasteiger partial charge in [0.1, 0.15) is 5.58 Å². The molecule has 2 N–H and O–H groups in total. The molecular formula is C17H15N3O6S. The standard InChI is InChI=1S/C17H15N3O6S/c1-10-7-8-12(9-14(10)20(22)23)27(24,25)19-18-17(21)16-11(2)13-5-3-4-6-15(13)26-16/h3-9,19H,1-2H3,(H,18,21). The van der Waals surface area contributed by atoms with E-state index < -0.39 is 20.9 Å². The summed E-state index contributed by atoms with van der Waals surface area (Å²) in [5.74, 6) is -0.817. The van der Waals surface area contributed by atoms with Crippen LogP contribution in [0.25, 0.3) is 11.0 Å². The second-order valence-electron chi connectivity index (χ2n) is 5.82. The third-order valence-electron chi connectivity index (χ3n) is 4.04. The van der Waals surface area contributed by atoms with Crippen molar-refractivity contribution in [2.75, 3.05) is 0 Å². The normalized spacial score (nSPS) is 11.5. The highest BCUT2D eigenvalue weighted by Crippen LogP contribution is 2.25. The molecule has 0 saturated heterocycles. The van der Waals surface area contributed by atoms with Crippen molar-refractivity contribution >= 4 is 32.6 Å². The largest absolute Gasteiger partial charge is 0.451 e. The smallest absolute Gasteiger partial charge is 0.302 e. The average molecular weight is 389 g/mol. The highest BCUT2D eigenvalue weighted by Gasteiger charge is 2.22. The summed E-state index contributed by atoms with van der Waals surface area (Å²) in [7, 11) is -4.21. The molecule has 27 heavy (non-hydrogen) atoms. The minimum absolute atomic E-state index is 0.0335. The van der Waals surface area contributed by atoms with Crippen molar-refractivity contribution in [3.8, 4) is 0 Å². The van der Waals surface area contributed by atoms with Crippen molar-refractivity contribution < 1.29 is 22.6 Å². The number of amides is 1. The fourth-order valence-corrected chi connectivity index (χ4v) is 3.43. The second kappa shape index (κ2) is 6.82. The SMILES string of the molecule is Cc1ccc(S(=O)(=O)NNC(=O)c2oc3ccccc3c2C)cc1[N+](=O)[O-]. The molecule has 9 nitrogen and oxygen atoms in total. The van der Waals surface area contributed by atoms with Crippen molar-refractivity contribution in [1.29, 1.82) is 0 Å². The van der Waals surface area contributed by atoms with Gasteiger partial charge in [-0.2, -0.15) is 0 Å². The Kier molecular flexibility index (Phi) is 4.68. The Bertz CT molecular complexity index is 1170. The fourth-order valence-electron chi connectivity index (χ4n) is 2.57. The number of hydrogen-bond donors (Lipinski definition) is 2. The summed E-state index contributed by atoms with van der Waals surface area (Å²) in [4.78, 5) is 24.2. The fraction of sp³-hybridized carbons (Fsp3) is 0.118. The summed E-state index contributed by atoms with van der Waals surface area (Å²) in [6, 6.07) is 10.5.